The van der Waals surface area contributed by atoms with Crippen molar-refractivity contribution in [2.75, 3.05) is 0 Å². The lowest BCUT2D eigenvalue weighted by Gasteiger charge is -2.07. The van der Waals surface area contributed by atoms with Crippen LogP contribution in [0.1, 0.15) is 29.7 Å². The summed E-state index contributed by atoms with van der Waals surface area (Å²) in [6.45, 7) is 2.11. The molecular formula is C15H14FN. The quantitative estimate of drug-likeness (QED) is 0.793. The molecule has 2 N–H and O–H groups in total. The van der Waals surface area contributed by atoms with Crippen LogP contribution in [0.2, 0.25) is 0 Å². The highest BCUT2D eigenvalue weighted by Gasteiger charge is 2.28. The number of hydrogen-bond acceptors (Lipinski definition) is 1. The number of aryl methyl sites for hydroxylation is 1. The van der Waals surface area contributed by atoms with Gasteiger partial charge in [-0.3, -0.25) is 0 Å². The van der Waals surface area contributed by atoms with Crippen molar-refractivity contribution < 1.29 is 4.39 Å². The molecule has 0 aliphatic heterocycles. The van der Waals surface area contributed by atoms with Crippen LogP contribution in [0, 0.1) is 5.82 Å². The zero-order valence-corrected chi connectivity index (χ0v) is 9.70. The molecule has 2 aromatic rings. The Bertz CT molecular complexity index is 589. The van der Waals surface area contributed by atoms with E-state index in [0.717, 1.165) is 23.1 Å². The highest BCUT2D eigenvalue weighted by Crippen LogP contribution is 2.43. The number of benzene rings is 2. The van der Waals surface area contributed by atoms with Gasteiger partial charge in [0, 0.05) is 5.56 Å². The monoisotopic (exact) mass is 227 g/mol. The van der Waals surface area contributed by atoms with Gasteiger partial charge in [-0.05, 0) is 34.7 Å². The lowest BCUT2D eigenvalue weighted by molar-refractivity contribution is 0.630. The van der Waals surface area contributed by atoms with Crippen molar-refractivity contribution in [1.29, 1.82) is 0 Å². The number of nitrogens with two attached hydrogens (primary N) is 1. The molecule has 1 atom stereocenters. The summed E-state index contributed by atoms with van der Waals surface area (Å²) in [6, 6.07) is 11.1. The van der Waals surface area contributed by atoms with Crippen molar-refractivity contribution in [1.82, 2.24) is 0 Å². The molecule has 3 rings (SSSR count). The summed E-state index contributed by atoms with van der Waals surface area (Å²) in [7, 11) is 0. The Kier molecular flexibility index (Phi) is 2.26. The van der Waals surface area contributed by atoms with Crippen LogP contribution >= 0.6 is 0 Å². The number of halogens is 1. The largest absolute Gasteiger partial charge is 0.320 e. The predicted octanol–water partition coefficient (Wildman–Crippen LogP) is 3.42. The van der Waals surface area contributed by atoms with Crippen molar-refractivity contribution in [3.05, 3.63) is 58.9 Å². The van der Waals surface area contributed by atoms with Gasteiger partial charge in [0.15, 0.2) is 0 Å². The van der Waals surface area contributed by atoms with Crippen molar-refractivity contribution in [2.45, 2.75) is 19.4 Å². The minimum Gasteiger partial charge on any atom is -0.320 e. The van der Waals surface area contributed by atoms with Gasteiger partial charge in [0.05, 0.1) is 6.04 Å². The minimum absolute atomic E-state index is 0.180. The molecule has 1 aliphatic rings. The van der Waals surface area contributed by atoms with E-state index < -0.39 is 0 Å². The third-order valence-electron chi connectivity index (χ3n) is 3.51. The topological polar surface area (TPSA) is 26.0 Å². The van der Waals surface area contributed by atoms with Gasteiger partial charge in [-0.15, -0.1) is 0 Å². The highest BCUT2D eigenvalue weighted by atomic mass is 19.1. The molecule has 17 heavy (non-hydrogen) atoms. The maximum absolute atomic E-state index is 13.9. The summed E-state index contributed by atoms with van der Waals surface area (Å²) < 4.78 is 13.9. The summed E-state index contributed by atoms with van der Waals surface area (Å²) in [5.41, 5.74) is 11.0. The number of fused-ring (bicyclic) bond motifs is 3. The van der Waals surface area contributed by atoms with E-state index in [-0.39, 0.29) is 11.9 Å². The molecule has 0 radical (unpaired) electrons. The average molecular weight is 227 g/mol. The molecular weight excluding hydrogens is 213 g/mol. The normalized spacial score (nSPS) is 16.8. The Morgan fingerprint density at radius 3 is 2.76 bits per heavy atom. The van der Waals surface area contributed by atoms with Gasteiger partial charge in [-0.25, -0.2) is 4.39 Å². The van der Waals surface area contributed by atoms with E-state index in [0.29, 0.717) is 5.56 Å². The molecule has 0 saturated carbocycles. The standard InChI is InChI=1S/C15H14FN/c1-2-9-6-7-10-12(8-9)15(17)11-4-3-5-13(16)14(10)11/h3-8,15H,2,17H2,1H3. The van der Waals surface area contributed by atoms with E-state index in [1.807, 2.05) is 18.2 Å². The van der Waals surface area contributed by atoms with Crippen molar-refractivity contribution >= 4 is 0 Å². The molecule has 0 fully saturated rings. The van der Waals surface area contributed by atoms with Gasteiger partial charge in [0.1, 0.15) is 5.82 Å². The predicted molar refractivity (Wildman–Crippen MR) is 67.2 cm³/mol. The highest BCUT2D eigenvalue weighted by molar-refractivity contribution is 5.79. The van der Waals surface area contributed by atoms with Crippen LogP contribution in [-0.4, -0.2) is 0 Å². The van der Waals surface area contributed by atoms with E-state index in [1.165, 1.54) is 11.6 Å². The molecule has 0 saturated heterocycles. The Labute approximate surface area is 100 Å². The Hall–Kier alpha value is -1.67. The molecule has 86 valence electrons. The van der Waals surface area contributed by atoms with Gasteiger partial charge >= 0.3 is 0 Å². The van der Waals surface area contributed by atoms with Crippen LogP contribution in [-0.2, 0) is 6.42 Å². The van der Waals surface area contributed by atoms with Gasteiger partial charge in [-0.2, -0.15) is 0 Å². The molecule has 0 aromatic heterocycles. The summed E-state index contributed by atoms with van der Waals surface area (Å²) in [5.74, 6) is -0.180. The summed E-state index contributed by atoms with van der Waals surface area (Å²) in [4.78, 5) is 0. The van der Waals surface area contributed by atoms with E-state index in [2.05, 4.69) is 13.0 Å². The first-order chi connectivity index (χ1) is 8.22. The Morgan fingerprint density at radius 1 is 1.18 bits per heavy atom. The van der Waals surface area contributed by atoms with E-state index >= 15 is 0 Å². The fourth-order valence-electron chi connectivity index (χ4n) is 2.57. The third-order valence-corrected chi connectivity index (χ3v) is 3.51. The van der Waals surface area contributed by atoms with Crippen LogP contribution in [0.3, 0.4) is 0 Å². The van der Waals surface area contributed by atoms with Crippen LogP contribution in [0.15, 0.2) is 36.4 Å². The first-order valence-corrected chi connectivity index (χ1v) is 5.89. The first-order valence-electron chi connectivity index (χ1n) is 5.89. The summed E-state index contributed by atoms with van der Waals surface area (Å²) in [5, 5.41) is 0. The second-order valence-electron chi connectivity index (χ2n) is 4.46. The van der Waals surface area contributed by atoms with Gasteiger partial charge < -0.3 is 5.73 Å². The van der Waals surface area contributed by atoms with Crippen molar-refractivity contribution in [2.24, 2.45) is 5.73 Å². The number of hydrogen-bond donors (Lipinski definition) is 1. The molecule has 0 spiro atoms. The third kappa shape index (κ3) is 1.41. The second kappa shape index (κ2) is 3.67. The van der Waals surface area contributed by atoms with Gasteiger partial charge in [-0.1, -0.05) is 37.3 Å². The molecule has 2 aromatic carbocycles. The van der Waals surface area contributed by atoms with Gasteiger partial charge in [0.2, 0.25) is 0 Å². The zero-order valence-electron chi connectivity index (χ0n) is 9.70. The second-order valence-corrected chi connectivity index (χ2v) is 4.46. The maximum atomic E-state index is 13.9. The minimum atomic E-state index is -0.192. The first kappa shape index (κ1) is 10.5. The fourth-order valence-corrected chi connectivity index (χ4v) is 2.57. The van der Waals surface area contributed by atoms with Crippen LogP contribution in [0.5, 0.6) is 0 Å². The van der Waals surface area contributed by atoms with Gasteiger partial charge in [0.25, 0.3) is 0 Å². The Morgan fingerprint density at radius 2 is 2.00 bits per heavy atom. The molecule has 0 heterocycles. The van der Waals surface area contributed by atoms with Crippen LogP contribution in [0.25, 0.3) is 11.1 Å². The molecule has 0 bridgehead atoms. The summed E-state index contributed by atoms with van der Waals surface area (Å²) in [6.07, 6.45) is 0.971. The van der Waals surface area contributed by atoms with Crippen molar-refractivity contribution in [3.8, 4) is 11.1 Å². The summed E-state index contributed by atoms with van der Waals surface area (Å²) >= 11 is 0. The van der Waals surface area contributed by atoms with E-state index in [1.54, 1.807) is 6.07 Å². The van der Waals surface area contributed by atoms with Crippen molar-refractivity contribution in [3.63, 3.8) is 0 Å². The van der Waals surface area contributed by atoms with Crippen LogP contribution < -0.4 is 5.73 Å². The Balaban J connectivity index is 2.28. The zero-order chi connectivity index (χ0) is 12.0. The molecule has 1 nitrogen and oxygen atoms in total. The smallest absolute Gasteiger partial charge is 0.131 e. The SMILES string of the molecule is CCc1ccc2c(c1)C(N)c1cccc(F)c1-2. The molecule has 1 aliphatic carbocycles. The maximum Gasteiger partial charge on any atom is 0.131 e. The molecule has 2 heteroatoms. The lowest BCUT2D eigenvalue weighted by Crippen LogP contribution is -2.08. The van der Waals surface area contributed by atoms with E-state index in [4.69, 9.17) is 5.73 Å². The van der Waals surface area contributed by atoms with E-state index in [9.17, 15) is 4.39 Å². The average Bonchev–Trinajstić information content (AvgIpc) is 2.64. The fraction of sp³-hybridized carbons (Fsp3) is 0.200. The lowest BCUT2D eigenvalue weighted by atomic mass is 10.0. The number of rotatable bonds is 1. The van der Waals surface area contributed by atoms with Crippen LogP contribution in [0.4, 0.5) is 4.39 Å². The molecule has 1 unspecified atom stereocenters. The molecule has 0 amide bonds.